The molecule has 0 atom stereocenters. The van der Waals surface area contributed by atoms with Gasteiger partial charge in [0.25, 0.3) is 0 Å². The fourth-order valence-corrected chi connectivity index (χ4v) is 5.81. The Hall–Kier alpha value is -2.67. The Bertz CT molecular complexity index is 998. The number of benzene rings is 1. The highest BCUT2D eigenvalue weighted by Gasteiger charge is 2.38. The number of hydrogen-bond donors (Lipinski definition) is 0. The Balaban J connectivity index is 1.41. The zero-order valence-corrected chi connectivity index (χ0v) is 24.6. The molecule has 4 nitrogen and oxygen atoms in total. The van der Waals surface area contributed by atoms with Crippen LogP contribution in [-0.2, 0) is 11.2 Å². The molecule has 0 bridgehead atoms. The van der Waals surface area contributed by atoms with Gasteiger partial charge in [-0.1, -0.05) is 90.5 Å². The molecule has 1 fully saturated rings. The van der Waals surface area contributed by atoms with Crippen LogP contribution in [0.25, 0.3) is 11.3 Å². The molecule has 1 aromatic heterocycles. The number of nitrogens with zero attached hydrogens (tertiary/aromatic N) is 2. The van der Waals surface area contributed by atoms with Crippen molar-refractivity contribution >= 4 is 5.97 Å². The fraction of sp³-hybridized carbons (Fsp3) is 0.629. The first-order valence-electron chi connectivity index (χ1n) is 15.8. The smallest absolute Gasteiger partial charge is 0.314 e. The molecule has 3 rings (SSSR count). The molecule has 0 spiro atoms. The molecule has 0 aliphatic heterocycles. The van der Waals surface area contributed by atoms with Crippen LogP contribution in [0, 0.1) is 22.7 Å². The van der Waals surface area contributed by atoms with Gasteiger partial charge in [-0.15, -0.1) is 0 Å². The lowest BCUT2D eigenvalue weighted by atomic mass is 9.69. The number of hydrogen-bond acceptors (Lipinski definition) is 4. The molecular formula is C35H50N2O2. The maximum atomic E-state index is 12.9. The fourth-order valence-electron chi connectivity index (χ4n) is 5.81. The second kappa shape index (κ2) is 17.1. The predicted molar refractivity (Wildman–Crippen MR) is 160 cm³/mol. The first-order valence-corrected chi connectivity index (χ1v) is 15.8. The Morgan fingerprint density at radius 1 is 0.872 bits per heavy atom. The molecule has 2 aromatic rings. The first kappa shape index (κ1) is 30.9. The Kier molecular flexibility index (Phi) is 13.5. The van der Waals surface area contributed by atoms with Gasteiger partial charge in [0.05, 0.1) is 23.1 Å². The molecule has 212 valence electrons. The topological polar surface area (TPSA) is 63.0 Å². The molecule has 1 heterocycles. The molecule has 1 saturated carbocycles. The molecule has 0 amide bonds. The van der Waals surface area contributed by atoms with Gasteiger partial charge in [-0.2, -0.15) is 5.26 Å². The van der Waals surface area contributed by atoms with Gasteiger partial charge in [0.1, 0.15) is 5.75 Å². The summed E-state index contributed by atoms with van der Waals surface area (Å²) in [4.78, 5) is 17.5. The number of carbonyl (C=O) groups excluding carboxylic acids is 1. The van der Waals surface area contributed by atoms with Crippen LogP contribution in [0.1, 0.15) is 129 Å². The maximum absolute atomic E-state index is 12.9. The molecule has 1 aliphatic rings. The maximum Gasteiger partial charge on any atom is 0.314 e. The first-order chi connectivity index (χ1) is 19.1. The number of rotatable bonds is 17. The largest absolute Gasteiger partial charge is 0.426 e. The number of pyridine rings is 1. The Morgan fingerprint density at radius 2 is 1.49 bits per heavy atom. The standard InChI is InChI=1S/C35H50N2O2/c1-3-5-7-9-11-13-15-29-16-21-33(37-27-29)30-17-19-32(20-18-30)39-34(38)31-22-25-35(28-36,26-23-31)24-14-12-10-8-6-4-2/h16-21,27,31H,3-15,22-26H2,1-2H3. The average Bonchev–Trinajstić information content (AvgIpc) is 2.98. The number of carbonyl (C=O) groups is 1. The molecule has 0 saturated heterocycles. The van der Waals surface area contributed by atoms with Crippen LogP contribution < -0.4 is 4.74 Å². The summed E-state index contributed by atoms with van der Waals surface area (Å²) >= 11 is 0. The van der Waals surface area contributed by atoms with Crippen molar-refractivity contribution < 1.29 is 9.53 Å². The number of aromatic nitrogens is 1. The van der Waals surface area contributed by atoms with E-state index in [1.807, 2.05) is 30.5 Å². The molecule has 1 aliphatic carbocycles. The minimum atomic E-state index is -0.250. The molecule has 1 aromatic carbocycles. The number of unbranched alkanes of at least 4 members (excludes halogenated alkanes) is 10. The van der Waals surface area contributed by atoms with E-state index in [-0.39, 0.29) is 17.3 Å². The van der Waals surface area contributed by atoms with Crippen molar-refractivity contribution in [1.29, 1.82) is 5.26 Å². The number of ether oxygens (including phenoxy) is 1. The summed E-state index contributed by atoms with van der Waals surface area (Å²) < 4.78 is 5.74. The number of aryl methyl sites for hydroxylation is 1. The Morgan fingerprint density at radius 3 is 2.08 bits per heavy atom. The third-order valence-electron chi connectivity index (χ3n) is 8.53. The number of nitriles is 1. The van der Waals surface area contributed by atoms with Crippen LogP contribution in [0.15, 0.2) is 42.6 Å². The van der Waals surface area contributed by atoms with Crippen molar-refractivity contribution in [1.82, 2.24) is 4.98 Å². The summed E-state index contributed by atoms with van der Waals surface area (Å²) in [6.07, 6.45) is 22.4. The summed E-state index contributed by atoms with van der Waals surface area (Å²) in [6, 6.07) is 14.5. The van der Waals surface area contributed by atoms with Crippen LogP contribution in [-0.4, -0.2) is 11.0 Å². The van der Waals surface area contributed by atoms with E-state index in [4.69, 9.17) is 4.74 Å². The highest BCUT2D eigenvalue weighted by Crippen LogP contribution is 2.43. The van der Waals surface area contributed by atoms with Crippen molar-refractivity contribution in [3.63, 3.8) is 0 Å². The third kappa shape index (κ3) is 10.4. The van der Waals surface area contributed by atoms with Gasteiger partial charge in [-0.25, -0.2) is 0 Å². The number of esters is 1. The molecule has 4 heteroatoms. The van der Waals surface area contributed by atoms with Crippen molar-refractivity contribution in [2.24, 2.45) is 11.3 Å². The van der Waals surface area contributed by atoms with Crippen LogP contribution in [0.4, 0.5) is 0 Å². The lowest BCUT2D eigenvalue weighted by Gasteiger charge is -2.34. The average molecular weight is 531 g/mol. The van der Waals surface area contributed by atoms with Gasteiger partial charge in [0.15, 0.2) is 0 Å². The zero-order chi connectivity index (χ0) is 27.8. The van der Waals surface area contributed by atoms with E-state index < -0.39 is 0 Å². The van der Waals surface area contributed by atoms with E-state index in [9.17, 15) is 10.1 Å². The molecule has 0 radical (unpaired) electrons. The van der Waals surface area contributed by atoms with Gasteiger partial charge in [-0.05, 0) is 80.8 Å². The minimum Gasteiger partial charge on any atom is -0.426 e. The molecule has 0 unspecified atom stereocenters. The highest BCUT2D eigenvalue weighted by atomic mass is 16.5. The minimum absolute atomic E-state index is 0.114. The van der Waals surface area contributed by atoms with Crippen LogP contribution in [0.5, 0.6) is 5.75 Å². The van der Waals surface area contributed by atoms with E-state index in [0.717, 1.165) is 56.2 Å². The van der Waals surface area contributed by atoms with E-state index in [2.05, 4.69) is 37.0 Å². The van der Waals surface area contributed by atoms with E-state index in [1.54, 1.807) is 0 Å². The molecule has 39 heavy (non-hydrogen) atoms. The van der Waals surface area contributed by atoms with Crippen molar-refractivity contribution in [2.75, 3.05) is 0 Å². The zero-order valence-electron chi connectivity index (χ0n) is 24.6. The lowest BCUT2D eigenvalue weighted by molar-refractivity contribution is -0.140. The summed E-state index contributed by atoms with van der Waals surface area (Å²) in [7, 11) is 0. The van der Waals surface area contributed by atoms with Gasteiger partial charge < -0.3 is 4.74 Å². The van der Waals surface area contributed by atoms with Crippen molar-refractivity contribution in [3.8, 4) is 23.1 Å². The van der Waals surface area contributed by atoms with E-state index in [1.165, 1.54) is 76.2 Å². The summed E-state index contributed by atoms with van der Waals surface area (Å²) in [6.45, 7) is 4.49. The second-order valence-electron chi connectivity index (χ2n) is 11.7. The normalized spacial score (nSPS) is 18.9. The van der Waals surface area contributed by atoms with Crippen molar-refractivity contribution in [3.05, 3.63) is 48.2 Å². The highest BCUT2D eigenvalue weighted by molar-refractivity contribution is 5.75. The summed E-state index contributed by atoms with van der Waals surface area (Å²) in [5.74, 6) is 0.301. The van der Waals surface area contributed by atoms with Gasteiger partial charge >= 0.3 is 5.97 Å². The second-order valence-corrected chi connectivity index (χ2v) is 11.7. The van der Waals surface area contributed by atoms with Crippen LogP contribution in [0.2, 0.25) is 0 Å². The summed E-state index contributed by atoms with van der Waals surface area (Å²) in [5.41, 5.74) is 3.00. The monoisotopic (exact) mass is 530 g/mol. The Labute approximate surface area is 237 Å². The van der Waals surface area contributed by atoms with Crippen LogP contribution in [0.3, 0.4) is 0 Å². The lowest BCUT2D eigenvalue weighted by Crippen LogP contribution is -2.31. The quantitative estimate of drug-likeness (QED) is 0.116. The SMILES string of the molecule is CCCCCCCCc1ccc(-c2ccc(OC(=O)C3CCC(C#N)(CCCCCCCC)CC3)cc2)nc1. The summed E-state index contributed by atoms with van der Waals surface area (Å²) in [5, 5.41) is 9.88. The molecule has 0 N–H and O–H groups in total. The predicted octanol–water partition coefficient (Wildman–Crippen LogP) is 10.0. The third-order valence-corrected chi connectivity index (χ3v) is 8.53. The van der Waals surface area contributed by atoms with Gasteiger partial charge in [-0.3, -0.25) is 9.78 Å². The van der Waals surface area contributed by atoms with E-state index >= 15 is 0 Å². The van der Waals surface area contributed by atoms with Crippen molar-refractivity contribution in [2.45, 2.75) is 129 Å². The van der Waals surface area contributed by atoms with E-state index in [0.29, 0.717) is 5.75 Å². The van der Waals surface area contributed by atoms with Crippen LogP contribution >= 0.6 is 0 Å². The molecular weight excluding hydrogens is 480 g/mol. The van der Waals surface area contributed by atoms with Gasteiger partial charge in [0, 0.05) is 11.8 Å². The van der Waals surface area contributed by atoms with Gasteiger partial charge in [0.2, 0.25) is 0 Å².